The molecular weight excluding hydrogens is 244 g/mol. The van der Waals surface area contributed by atoms with E-state index >= 15 is 0 Å². The molecule has 0 aliphatic heterocycles. The van der Waals surface area contributed by atoms with Crippen LogP contribution in [0.15, 0.2) is 23.8 Å². The Labute approximate surface area is 111 Å². The van der Waals surface area contributed by atoms with Gasteiger partial charge in [0.1, 0.15) is 0 Å². The van der Waals surface area contributed by atoms with E-state index in [1.165, 1.54) is 10.4 Å². The summed E-state index contributed by atoms with van der Waals surface area (Å²) in [4.78, 5) is 9.92. The number of hydrogen-bond donors (Lipinski definition) is 2. The van der Waals surface area contributed by atoms with Gasteiger partial charge in [-0.15, -0.1) is 11.3 Å². The maximum Gasteiger partial charge on any atom is 0.222 e. The number of rotatable bonds is 5. The quantitative estimate of drug-likeness (QED) is 0.869. The van der Waals surface area contributed by atoms with Crippen molar-refractivity contribution in [2.45, 2.75) is 26.3 Å². The minimum Gasteiger partial charge on any atom is -0.352 e. The van der Waals surface area contributed by atoms with E-state index in [0.29, 0.717) is 18.5 Å². The topological polar surface area (TPSA) is 63.8 Å². The van der Waals surface area contributed by atoms with Crippen molar-refractivity contribution in [3.05, 3.63) is 29.4 Å². The molecule has 0 aromatic carbocycles. The summed E-state index contributed by atoms with van der Waals surface area (Å²) in [5.74, 6) is 0.661. The highest BCUT2D eigenvalue weighted by Crippen LogP contribution is 2.27. The maximum atomic E-state index is 5.51. The summed E-state index contributed by atoms with van der Waals surface area (Å²) < 4.78 is 0. The van der Waals surface area contributed by atoms with Crippen LogP contribution < -0.4 is 11.1 Å². The second-order valence-corrected chi connectivity index (χ2v) is 5.27. The summed E-state index contributed by atoms with van der Waals surface area (Å²) in [6, 6.07) is 2.40. The first-order valence-corrected chi connectivity index (χ1v) is 6.91. The van der Waals surface area contributed by atoms with Gasteiger partial charge in [-0.1, -0.05) is 0 Å². The van der Waals surface area contributed by atoms with Crippen molar-refractivity contribution in [2.24, 2.45) is 5.73 Å². The SMILES string of the molecule is Cc1ccsc1-c1cnc(NC(C)CCN)nc1. The summed E-state index contributed by atoms with van der Waals surface area (Å²) in [7, 11) is 0. The Morgan fingerprint density at radius 1 is 1.39 bits per heavy atom. The summed E-state index contributed by atoms with van der Waals surface area (Å²) in [5.41, 5.74) is 7.84. The van der Waals surface area contributed by atoms with Crippen molar-refractivity contribution in [1.29, 1.82) is 0 Å². The minimum absolute atomic E-state index is 0.296. The minimum atomic E-state index is 0.296. The third kappa shape index (κ3) is 3.05. The number of anilines is 1. The molecule has 0 amide bonds. The molecule has 18 heavy (non-hydrogen) atoms. The van der Waals surface area contributed by atoms with Crippen LogP contribution >= 0.6 is 11.3 Å². The lowest BCUT2D eigenvalue weighted by atomic mass is 10.2. The van der Waals surface area contributed by atoms with E-state index in [2.05, 4.69) is 40.6 Å². The average molecular weight is 262 g/mol. The Kier molecular flexibility index (Phi) is 4.28. The molecule has 0 radical (unpaired) electrons. The van der Waals surface area contributed by atoms with E-state index in [9.17, 15) is 0 Å². The highest BCUT2D eigenvalue weighted by molar-refractivity contribution is 7.13. The van der Waals surface area contributed by atoms with Crippen molar-refractivity contribution in [1.82, 2.24) is 9.97 Å². The second kappa shape index (κ2) is 5.93. The molecule has 0 spiro atoms. The van der Waals surface area contributed by atoms with Crippen LogP contribution in [0.2, 0.25) is 0 Å². The number of aromatic nitrogens is 2. The molecule has 2 heterocycles. The number of aryl methyl sites for hydroxylation is 1. The lowest BCUT2D eigenvalue weighted by Gasteiger charge is -2.12. The van der Waals surface area contributed by atoms with E-state index in [1.54, 1.807) is 11.3 Å². The van der Waals surface area contributed by atoms with Crippen LogP contribution in [0.25, 0.3) is 10.4 Å². The van der Waals surface area contributed by atoms with Crippen LogP contribution in [-0.2, 0) is 0 Å². The van der Waals surface area contributed by atoms with E-state index < -0.39 is 0 Å². The number of nitrogens with zero attached hydrogens (tertiary/aromatic N) is 2. The zero-order valence-electron chi connectivity index (χ0n) is 10.7. The highest BCUT2D eigenvalue weighted by atomic mass is 32.1. The second-order valence-electron chi connectivity index (χ2n) is 4.35. The van der Waals surface area contributed by atoms with E-state index in [0.717, 1.165) is 12.0 Å². The first kappa shape index (κ1) is 13.0. The first-order valence-electron chi connectivity index (χ1n) is 6.04. The molecule has 4 nitrogen and oxygen atoms in total. The average Bonchev–Trinajstić information content (AvgIpc) is 2.77. The van der Waals surface area contributed by atoms with Crippen LogP contribution in [0, 0.1) is 6.92 Å². The molecule has 1 unspecified atom stereocenters. The summed E-state index contributed by atoms with van der Waals surface area (Å²) in [5, 5.41) is 5.31. The van der Waals surface area contributed by atoms with Gasteiger partial charge in [0.2, 0.25) is 5.95 Å². The van der Waals surface area contributed by atoms with Gasteiger partial charge in [0.15, 0.2) is 0 Å². The van der Waals surface area contributed by atoms with Crippen molar-refractivity contribution in [3.8, 4) is 10.4 Å². The molecule has 3 N–H and O–H groups in total. The molecule has 0 saturated heterocycles. The van der Waals surface area contributed by atoms with Crippen LogP contribution in [0.5, 0.6) is 0 Å². The first-order chi connectivity index (χ1) is 8.70. The Balaban J connectivity index is 2.08. The largest absolute Gasteiger partial charge is 0.352 e. The lowest BCUT2D eigenvalue weighted by molar-refractivity contribution is 0.709. The lowest BCUT2D eigenvalue weighted by Crippen LogP contribution is -2.20. The molecule has 0 fully saturated rings. The number of hydrogen-bond acceptors (Lipinski definition) is 5. The van der Waals surface area contributed by atoms with Crippen LogP contribution in [0.4, 0.5) is 5.95 Å². The Bertz CT molecular complexity index is 492. The fraction of sp³-hybridized carbons (Fsp3) is 0.385. The normalized spacial score (nSPS) is 12.4. The van der Waals surface area contributed by atoms with Gasteiger partial charge in [-0.25, -0.2) is 9.97 Å². The summed E-state index contributed by atoms with van der Waals surface area (Å²) in [6.45, 7) is 4.84. The van der Waals surface area contributed by atoms with Crippen molar-refractivity contribution < 1.29 is 0 Å². The predicted octanol–water partition coefficient (Wildman–Crippen LogP) is 2.66. The number of thiophene rings is 1. The fourth-order valence-electron chi connectivity index (χ4n) is 1.73. The molecule has 96 valence electrons. The van der Waals surface area contributed by atoms with Gasteiger partial charge in [0, 0.05) is 28.9 Å². The van der Waals surface area contributed by atoms with E-state index in [1.807, 2.05) is 12.4 Å². The molecule has 0 aliphatic carbocycles. The zero-order valence-corrected chi connectivity index (χ0v) is 11.5. The van der Waals surface area contributed by atoms with Crippen molar-refractivity contribution in [2.75, 3.05) is 11.9 Å². The Hall–Kier alpha value is -1.46. The highest BCUT2D eigenvalue weighted by Gasteiger charge is 2.06. The van der Waals surface area contributed by atoms with Gasteiger partial charge < -0.3 is 11.1 Å². The molecule has 0 bridgehead atoms. The van der Waals surface area contributed by atoms with Gasteiger partial charge >= 0.3 is 0 Å². The van der Waals surface area contributed by atoms with E-state index in [-0.39, 0.29) is 0 Å². The van der Waals surface area contributed by atoms with Gasteiger partial charge in [-0.2, -0.15) is 0 Å². The third-order valence-corrected chi connectivity index (χ3v) is 3.82. The monoisotopic (exact) mass is 262 g/mol. The molecule has 0 aliphatic rings. The predicted molar refractivity (Wildman–Crippen MR) is 76.8 cm³/mol. The summed E-state index contributed by atoms with van der Waals surface area (Å²) >= 11 is 1.71. The molecule has 1 atom stereocenters. The maximum absolute atomic E-state index is 5.51. The fourth-order valence-corrected chi connectivity index (χ4v) is 2.63. The smallest absolute Gasteiger partial charge is 0.222 e. The standard InChI is InChI=1S/C13H18N4S/c1-9-4-6-18-12(9)11-7-15-13(16-8-11)17-10(2)3-5-14/h4,6-8,10H,3,5,14H2,1-2H3,(H,15,16,17). The molecule has 2 aromatic heterocycles. The van der Waals surface area contributed by atoms with Gasteiger partial charge in [-0.3, -0.25) is 0 Å². The molecule has 0 saturated carbocycles. The molecule has 5 heteroatoms. The van der Waals surface area contributed by atoms with Crippen molar-refractivity contribution in [3.63, 3.8) is 0 Å². The zero-order chi connectivity index (χ0) is 13.0. The van der Waals surface area contributed by atoms with E-state index in [4.69, 9.17) is 5.73 Å². The Morgan fingerprint density at radius 2 is 2.11 bits per heavy atom. The third-order valence-electron chi connectivity index (χ3n) is 2.75. The van der Waals surface area contributed by atoms with Crippen molar-refractivity contribution >= 4 is 17.3 Å². The van der Waals surface area contributed by atoms with Crippen LogP contribution in [0.3, 0.4) is 0 Å². The molecule has 2 aromatic rings. The number of nitrogens with two attached hydrogens (primary N) is 1. The van der Waals surface area contributed by atoms with Gasteiger partial charge in [0.25, 0.3) is 0 Å². The summed E-state index contributed by atoms with van der Waals surface area (Å²) in [6.07, 6.45) is 4.64. The number of nitrogens with one attached hydrogen (secondary N) is 1. The Morgan fingerprint density at radius 3 is 2.67 bits per heavy atom. The van der Waals surface area contributed by atoms with Gasteiger partial charge in [-0.05, 0) is 43.8 Å². The van der Waals surface area contributed by atoms with Crippen LogP contribution in [0.1, 0.15) is 18.9 Å². The molecular formula is C13H18N4S. The van der Waals surface area contributed by atoms with Crippen LogP contribution in [-0.4, -0.2) is 22.6 Å². The molecule has 2 rings (SSSR count). The van der Waals surface area contributed by atoms with Gasteiger partial charge in [0.05, 0.1) is 0 Å².